The Hall–Kier alpha value is -1.09. The van der Waals surface area contributed by atoms with E-state index < -0.39 is 0 Å². The molecule has 0 aliphatic carbocycles. The van der Waals surface area contributed by atoms with Gasteiger partial charge in [0.15, 0.2) is 0 Å². The normalized spacial score (nSPS) is 20.7. The van der Waals surface area contributed by atoms with Crippen LogP contribution in [0, 0.1) is 0 Å². The molecule has 66 valence electrons. The number of nitrogens with one attached hydrogen (secondary N) is 1. The third-order valence-corrected chi connectivity index (χ3v) is 2.56. The monoisotopic (exact) mass is 236 g/mol. The van der Waals surface area contributed by atoms with Crippen molar-refractivity contribution < 1.29 is 0 Å². The van der Waals surface area contributed by atoms with Crippen molar-refractivity contribution in [1.82, 2.24) is 5.32 Å². The van der Waals surface area contributed by atoms with Crippen LogP contribution in [0.5, 0.6) is 0 Å². The zero-order valence-electron chi connectivity index (χ0n) is 6.94. The van der Waals surface area contributed by atoms with Gasteiger partial charge in [0.2, 0.25) is 0 Å². The fourth-order valence-corrected chi connectivity index (χ4v) is 1.78. The van der Waals surface area contributed by atoms with Crippen molar-refractivity contribution in [3.63, 3.8) is 0 Å². The van der Waals surface area contributed by atoms with Crippen molar-refractivity contribution in [2.45, 2.75) is 6.04 Å². The van der Waals surface area contributed by atoms with Crippen LogP contribution in [0.25, 0.3) is 0 Å². The second-order valence-electron chi connectivity index (χ2n) is 2.79. The second kappa shape index (κ2) is 3.75. The standard InChI is InChI=1S/C10H9BrN2/c11-9-6-12-7-13-10(9)8-4-2-1-3-5-8/h1-7,10H,(H,12,13). The highest BCUT2D eigenvalue weighted by molar-refractivity contribution is 9.11. The van der Waals surface area contributed by atoms with Gasteiger partial charge >= 0.3 is 0 Å². The van der Waals surface area contributed by atoms with E-state index in [0.717, 1.165) is 4.48 Å². The Labute approximate surface area is 85.5 Å². The molecule has 0 bridgehead atoms. The average molecular weight is 237 g/mol. The predicted octanol–water partition coefficient (Wildman–Crippen LogP) is 2.60. The first-order valence-electron chi connectivity index (χ1n) is 4.06. The number of hydrogen-bond donors (Lipinski definition) is 1. The fraction of sp³-hybridized carbons (Fsp3) is 0.100. The summed E-state index contributed by atoms with van der Waals surface area (Å²) < 4.78 is 1.06. The van der Waals surface area contributed by atoms with E-state index in [1.54, 1.807) is 6.34 Å². The minimum atomic E-state index is 0.113. The minimum absolute atomic E-state index is 0.113. The van der Waals surface area contributed by atoms with E-state index in [4.69, 9.17) is 0 Å². The topological polar surface area (TPSA) is 24.4 Å². The van der Waals surface area contributed by atoms with Gasteiger partial charge in [0.25, 0.3) is 0 Å². The molecule has 3 heteroatoms. The predicted molar refractivity (Wildman–Crippen MR) is 57.8 cm³/mol. The number of halogens is 1. The highest BCUT2D eigenvalue weighted by Crippen LogP contribution is 2.30. The molecule has 0 saturated carbocycles. The first-order chi connectivity index (χ1) is 6.38. The second-order valence-corrected chi connectivity index (χ2v) is 3.70. The summed E-state index contributed by atoms with van der Waals surface area (Å²) in [5, 5.41) is 2.93. The molecule has 1 N–H and O–H groups in total. The van der Waals surface area contributed by atoms with Crippen molar-refractivity contribution in [3.8, 4) is 0 Å². The van der Waals surface area contributed by atoms with Gasteiger partial charge < -0.3 is 5.32 Å². The third-order valence-electron chi connectivity index (χ3n) is 1.90. The number of nitrogens with zero attached hydrogens (tertiary/aromatic N) is 1. The van der Waals surface area contributed by atoms with Crippen molar-refractivity contribution in [2.24, 2.45) is 4.99 Å². The Bertz CT molecular complexity index is 343. The van der Waals surface area contributed by atoms with Crippen molar-refractivity contribution in [1.29, 1.82) is 0 Å². The van der Waals surface area contributed by atoms with E-state index in [2.05, 4.69) is 38.4 Å². The van der Waals surface area contributed by atoms with Gasteiger partial charge in [-0.05, 0) is 5.56 Å². The number of aliphatic imine (C=N–C) groups is 1. The molecule has 0 amide bonds. The van der Waals surface area contributed by atoms with Crippen molar-refractivity contribution >= 4 is 22.3 Å². The smallest absolute Gasteiger partial charge is 0.109 e. The molecule has 0 saturated heterocycles. The van der Waals surface area contributed by atoms with E-state index in [0.29, 0.717) is 0 Å². The van der Waals surface area contributed by atoms with Crippen LogP contribution in [-0.2, 0) is 0 Å². The molecule has 0 spiro atoms. The summed E-state index contributed by atoms with van der Waals surface area (Å²) >= 11 is 3.48. The van der Waals surface area contributed by atoms with Crippen LogP contribution in [0.15, 0.2) is 46.0 Å². The Morgan fingerprint density at radius 1 is 1.23 bits per heavy atom. The van der Waals surface area contributed by atoms with Crippen LogP contribution in [0.4, 0.5) is 0 Å². The number of hydrogen-bond acceptors (Lipinski definition) is 2. The van der Waals surface area contributed by atoms with Gasteiger partial charge in [0.1, 0.15) is 6.04 Å². The largest absolute Gasteiger partial charge is 0.352 e. The summed E-state index contributed by atoms with van der Waals surface area (Å²) in [7, 11) is 0. The van der Waals surface area contributed by atoms with Gasteiger partial charge in [-0.2, -0.15) is 0 Å². The summed E-state index contributed by atoms with van der Waals surface area (Å²) in [4.78, 5) is 4.33. The van der Waals surface area contributed by atoms with Gasteiger partial charge in [-0.15, -0.1) is 0 Å². The van der Waals surface area contributed by atoms with E-state index in [1.807, 2.05) is 24.4 Å². The Morgan fingerprint density at radius 3 is 2.69 bits per heavy atom. The van der Waals surface area contributed by atoms with E-state index in [9.17, 15) is 0 Å². The van der Waals surface area contributed by atoms with Gasteiger partial charge in [0, 0.05) is 10.7 Å². The SMILES string of the molecule is BrC1=CNC=NC1c1ccccc1. The number of benzene rings is 1. The van der Waals surface area contributed by atoms with Gasteiger partial charge in [-0.1, -0.05) is 46.3 Å². The van der Waals surface area contributed by atoms with Gasteiger partial charge in [-0.3, -0.25) is 4.99 Å². The Balaban J connectivity index is 2.31. The van der Waals surface area contributed by atoms with Crippen LogP contribution in [0.2, 0.25) is 0 Å². The maximum atomic E-state index is 4.33. The summed E-state index contributed by atoms with van der Waals surface area (Å²) in [6, 6.07) is 10.3. The maximum absolute atomic E-state index is 4.33. The Morgan fingerprint density at radius 2 is 2.00 bits per heavy atom. The first-order valence-corrected chi connectivity index (χ1v) is 4.85. The van der Waals surface area contributed by atoms with E-state index >= 15 is 0 Å². The van der Waals surface area contributed by atoms with Gasteiger partial charge in [0.05, 0.1) is 6.34 Å². The average Bonchev–Trinajstić information content (AvgIpc) is 2.20. The minimum Gasteiger partial charge on any atom is -0.352 e. The molecule has 1 unspecified atom stereocenters. The molecule has 1 aliphatic rings. The van der Waals surface area contributed by atoms with Crippen molar-refractivity contribution in [2.75, 3.05) is 0 Å². The summed E-state index contributed by atoms with van der Waals surface area (Å²) in [6.07, 6.45) is 3.62. The molecule has 2 rings (SSSR count). The first kappa shape index (κ1) is 8.51. The highest BCUT2D eigenvalue weighted by Gasteiger charge is 2.14. The number of rotatable bonds is 1. The molecule has 0 radical (unpaired) electrons. The van der Waals surface area contributed by atoms with Crippen LogP contribution >= 0.6 is 15.9 Å². The molecule has 1 aromatic rings. The summed E-state index contributed by atoms with van der Waals surface area (Å²) in [5.41, 5.74) is 1.20. The summed E-state index contributed by atoms with van der Waals surface area (Å²) in [5.74, 6) is 0. The van der Waals surface area contributed by atoms with Crippen LogP contribution in [0.3, 0.4) is 0 Å². The molecule has 0 fully saturated rings. The van der Waals surface area contributed by atoms with Gasteiger partial charge in [-0.25, -0.2) is 0 Å². The zero-order chi connectivity index (χ0) is 9.10. The zero-order valence-corrected chi connectivity index (χ0v) is 8.53. The van der Waals surface area contributed by atoms with Crippen molar-refractivity contribution in [3.05, 3.63) is 46.6 Å². The quantitative estimate of drug-likeness (QED) is 0.797. The van der Waals surface area contributed by atoms with Crippen LogP contribution < -0.4 is 5.32 Å². The lowest BCUT2D eigenvalue weighted by molar-refractivity contribution is 0.873. The van der Waals surface area contributed by atoms with E-state index in [1.165, 1.54) is 5.56 Å². The lowest BCUT2D eigenvalue weighted by Crippen LogP contribution is -2.11. The highest BCUT2D eigenvalue weighted by atomic mass is 79.9. The third kappa shape index (κ3) is 1.80. The lowest BCUT2D eigenvalue weighted by atomic mass is 10.1. The molecule has 1 aromatic carbocycles. The summed E-state index contributed by atoms with van der Waals surface area (Å²) in [6.45, 7) is 0. The molecule has 1 aliphatic heterocycles. The lowest BCUT2D eigenvalue weighted by Gasteiger charge is -2.15. The molecule has 2 nitrogen and oxygen atoms in total. The molecule has 13 heavy (non-hydrogen) atoms. The maximum Gasteiger partial charge on any atom is 0.109 e. The Kier molecular flexibility index (Phi) is 2.45. The molecule has 1 atom stereocenters. The van der Waals surface area contributed by atoms with E-state index in [-0.39, 0.29) is 6.04 Å². The molecule has 0 aromatic heterocycles. The van der Waals surface area contributed by atoms with Crippen LogP contribution in [-0.4, -0.2) is 6.34 Å². The molecular weight excluding hydrogens is 228 g/mol. The molecular formula is C10H9BrN2. The molecule has 1 heterocycles. The fourth-order valence-electron chi connectivity index (χ4n) is 1.27. The van der Waals surface area contributed by atoms with Crippen LogP contribution in [0.1, 0.15) is 11.6 Å².